The molecular weight excluding hydrogens is 200 g/mol. The highest BCUT2D eigenvalue weighted by atomic mass is 16.4. The molecule has 2 rings (SSSR count). The minimum Gasteiger partial charge on any atom is -0.411 e. The van der Waals surface area contributed by atoms with Crippen LogP contribution >= 0.6 is 0 Å². The first-order valence-electron chi connectivity index (χ1n) is 5.70. The smallest absolute Gasteiger partial charge is 0.0798 e. The molecule has 0 aliphatic heterocycles. The molecule has 1 aliphatic carbocycles. The lowest BCUT2D eigenvalue weighted by atomic mass is 9.93. The first-order chi connectivity index (χ1) is 7.83. The van der Waals surface area contributed by atoms with Gasteiger partial charge >= 0.3 is 0 Å². The van der Waals surface area contributed by atoms with E-state index in [2.05, 4.69) is 23.1 Å². The van der Waals surface area contributed by atoms with Gasteiger partial charge < -0.3 is 5.21 Å². The first-order valence-corrected chi connectivity index (χ1v) is 5.70. The second-order valence-corrected chi connectivity index (χ2v) is 4.00. The van der Waals surface area contributed by atoms with Gasteiger partial charge in [0.1, 0.15) is 0 Å². The molecule has 1 N–H and O–H groups in total. The lowest BCUT2D eigenvalue weighted by molar-refractivity contribution is 0.318. The number of oxime groups is 1. The average Bonchev–Trinajstić information content (AvgIpc) is 2.39. The second-order valence-electron chi connectivity index (χ2n) is 4.00. The molecule has 3 heteroatoms. The predicted molar refractivity (Wildman–Crippen MR) is 64.7 cm³/mol. The van der Waals surface area contributed by atoms with E-state index in [-0.39, 0.29) is 0 Å². The van der Waals surface area contributed by atoms with E-state index in [1.807, 2.05) is 18.3 Å². The highest BCUT2D eigenvalue weighted by Gasteiger charge is 2.11. The summed E-state index contributed by atoms with van der Waals surface area (Å²) < 4.78 is 0. The minimum atomic E-state index is 0.774. The highest BCUT2D eigenvalue weighted by molar-refractivity contribution is 6.01. The Kier molecular flexibility index (Phi) is 3.34. The fraction of sp³-hybridized carbons (Fsp3) is 0.385. The quantitative estimate of drug-likeness (QED) is 0.610. The van der Waals surface area contributed by atoms with E-state index >= 15 is 0 Å². The molecule has 84 valence electrons. The maximum absolute atomic E-state index is 8.79. The summed E-state index contributed by atoms with van der Waals surface area (Å²) in [6, 6.07) is 4.14. The van der Waals surface area contributed by atoms with Crippen LogP contribution in [0.15, 0.2) is 29.6 Å². The third-order valence-corrected chi connectivity index (χ3v) is 2.90. The van der Waals surface area contributed by atoms with Gasteiger partial charge in [0, 0.05) is 11.9 Å². The van der Waals surface area contributed by atoms with E-state index in [0.717, 1.165) is 37.1 Å². The zero-order chi connectivity index (χ0) is 11.4. The van der Waals surface area contributed by atoms with Gasteiger partial charge in [-0.1, -0.05) is 12.1 Å². The number of hydrogen-bond acceptors (Lipinski definition) is 3. The van der Waals surface area contributed by atoms with E-state index < -0.39 is 0 Å². The van der Waals surface area contributed by atoms with E-state index in [0.29, 0.717) is 0 Å². The van der Waals surface area contributed by atoms with Crippen LogP contribution in [0.25, 0.3) is 5.57 Å². The Morgan fingerprint density at radius 3 is 3.06 bits per heavy atom. The third-order valence-electron chi connectivity index (χ3n) is 2.90. The van der Waals surface area contributed by atoms with E-state index in [9.17, 15) is 0 Å². The normalized spacial score (nSPS) is 18.6. The molecule has 1 aromatic rings. The fourth-order valence-electron chi connectivity index (χ4n) is 1.98. The summed E-state index contributed by atoms with van der Waals surface area (Å²) in [7, 11) is 0. The van der Waals surface area contributed by atoms with Gasteiger partial charge in [-0.3, -0.25) is 4.98 Å². The van der Waals surface area contributed by atoms with Crippen LogP contribution in [-0.2, 0) is 6.42 Å². The number of allylic oxidation sites excluding steroid dienone is 2. The number of aryl methyl sites for hydroxylation is 1. The Morgan fingerprint density at radius 1 is 1.44 bits per heavy atom. The van der Waals surface area contributed by atoms with Gasteiger partial charge in [-0.25, -0.2) is 0 Å². The summed E-state index contributed by atoms with van der Waals surface area (Å²) in [5, 5.41) is 12.1. The van der Waals surface area contributed by atoms with Gasteiger partial charge in [0.15, 0.2) is 0 Å². The molecule has 16 heavy (non-hydrogen) atoms. The summed E-state index contributed by atoms with van der Waals surface area (Å²) in [6.45, 7) is 2.10. The van der Waals surface area contributed by atoms with Gasteiger partial charge in [-0.15, -0.1) is 0 Å². The zero-order valence-corrected chi connectivity index (χ0v) is 9.48. The Labute approximate surface area is 95.5 Å². The SMILES string of the molecule is CCc1cc(C2=CC(=NO)CCC2)ccn1. The molecule has 0 atom stereocenters. The topological polar surface area (TPSA) is 45.5 Å². The number of aromatic nitrogens is 1. The van der Waals surface area contributed by atoms with E-state index in [4.69, 9.17) is 5.21 Å². The molecule has 0 radical (unpaired) electrons. The van der Waals surface area contributed by atoms with Crippen molar-refractivity contribution in [2.45, 2.75) is 32.6 Å². The largest absolute Gasteiger partial charge is 0.411 e. The summed E-state index contributed by atoms with van der Waals surface area (Å²) >= 11 is 0. The standard InChI is InChI=1S/C13H16N2O/c1-2-12-8-11(6-7-14-12)10-4-3-5-13(9-10)15-16/h6-9,16H,2-5H2,1H3. The van der Waals surface area contributed by atoms with Gasteiger partial charge in [-0.2, -0.15) is 0 Å². The fourth-order valence-corrected chi connectivity index (χ4v) is 1.98. The van der Waals surface area contributed by atoms with Crippen molar-refractivity contribution in [2.24, 2.45) is 5.16 Å². The molecular formula is C13H16N2O. The molecule has 3 nitrogen and oxygen atoms in total. The monoisotopic (exact) mass is 216 g/mol. The molecule has 0 bridgehead atoms. The number of hydrogen-bond donors (Lipinski definition) is 1. The summed E-state index contributed by atoms with van der Waals surface area (Å²) in [5.74, 6) is 0. The zero-order valence-electron chi connectivity index (χ0n) is 9.48. The average molecular weight is 216 g/mol. The van der Waals surface area contributed by atoms with Crippen LogP contribution in [0.4, 0.5) is 0 Å². The van der Waals surface area contributed by atoms with Gasteiger partial charge in [-0.05, 0) is 55.0 Å². The third kappa shape index (κ3) is 2.30. The number of pyridine rings is 1. The molecule has 0 amide bonds. The van der Waals surface area contributed by atoms with Crippen molar-refractivity contribution in [3.63, 3.8) is 0 Å². The van der Waals surface area contributed by atoms with Crippen molar-refractivity contribution < 1.29 is 5.21 Å². The number of rotatable bonds is 2. The van der Waals surface area contributed by atoms with Crippen molar-refractivity contribution in [1.82, 2.24) is 4.98 Å². The molecule has 0 unspecified atom stereocenters. The van der Waals surface area contributed by atoms with Crippen LogP contribution in [0.5, 0.6) is 0 Å². The highest BCUT2D eigenvalue weighted by Crippen LogP contribution is 2.25. The first kappa shape index (κ1) is 10.9. The van der Waals surface area contributed by atoms with Crippen LogP contribution in [0.1, 0.15) is 37.4 Å². The van der Waals surface area contributed by atoms with Crippen molar-refractivity contribution in [3.8, 4) is 0 Å². The van der Waals surface area contributed by atoms with Crippen LogP contribution < -0.4 is 0 Å². The van der Waals surface area contributed by atoms with Crippen LogP contribution in [-0.4, -0.2) is 15.9 Å². The van der Waals surface area contributed by atoms with Crippen molar-refractivity contribution >= 4 is 11.3 Å². The Balaban J connectivity index is 2.32. The molecule has 1 heterocycles. The number of nitrogens with zero attached hydrogens (tertiary/aromatic N) is 2. The van der Waals surface area contributed by atoms with E-state index in [1.165, 1.54) is 11.1 Å². The predicted octanol–water partition coefficient (Wildman–Crippen LogP) is 3.04. The van der Waals surface area contributed by atoms with Gasteiger partial charge in [0.25, 0.3) is 0 Å². The molecule has 0 saturated heterocycles. The Morgan fingerprint density at radius 2 is 2.31 bits per heavy atom. The summed E-state index contributed by atoms with van der Waals surface area (Å²) in [5.41, 5.74) is 4.33. The van der Waals surface area contributed by atoms with Crippen LogP contribution in [0.3, 0.4) is 0 Å². The van der Waals surface area contributed by atoms with Crippen LogP contribution in [0, 0.1) is 0 Å². The van der Waals surface area contributed by atoms with Gasteiger partial charge in [0.2, 0.25) is 0 Å². The molecule has 0 saturated carbocycles. The lowest BCUT2D eigenvalue weighted by Crippen LogP contribution is -2.03. The Bertz CT molecular complexity index is 435. The lowest BCUT2D eigenvalue weighted by Gasteiger charge is -2.14. The Hall–Kier alpha value is -1.64. The molecule has 0 spiro atoms. The maximum atomic E-state index is 8.79. The summed E-state index contributed by atoms with van der Waals surface area (Å²) in [6.07, 6.45) is 7.74. The minimum absolute atomic E-state index is 0.774. The van der Waals surface area contributed by atoms with Gasteiger partial charge in [0.05, 0.1) is 5.71 Å². The maximum Gasteiger partial charge on any atom is 0.0798 e. The summed E-state index contributed by atoms with van der Waals surface area (Å²) in [4.78, 5) is 4.29. The van der Waals surface area contributed by atoms with Crippen molar-refractivity contribution in [2.75, 3.05) is 0 Å². The van der Waals surface area contributed by atoms with Crippen molar-refractivity contribution in [3.05, 3.63) is 35.7 Å². The van der Waals surface area contributed by atoms with Crippen LogP contribution in [0.2, 0.25) is 0 Å². The second kappa shape index (κ2) is 4.92. The molecule has 0 fully saturated rings. The molecule has 0 aromatic carbocycles. The molecule has 1 aliphatic rings. The van der Waals surface area contributed by atoms with Crippen molar-refractivity contribution in [1.29, 1.82) is 0 Å². The molecule has 1 aromatic heterocycles. The van der Waals surface area contributed by atoms with E-state index in [1.54, 1.807) is 0 Å².